The highest BCUT2D eigenvalue weighted by Gasteiger charge is 2.37. The van der Waals surface area contributed by atoms with Crippen molar-refractivity contribution in [3.05, 3.63) is 235 Å². The van der Waals surface area contributed by atoms with Crippen LogP contribution in [0.5, 0.6) is 0 Å². The number of aromatic nitrogens is 4. The summed E-state index contributed by atoms with van der Waals surface area (Å²) in [5.41, 5.74) is 10.6. The number of hydrogen-bond donors (Lipinski definition) is 0. The fourth-order valence-corrected chi connectivity index (χ4v) is 9.66. The molecule has 12 aromatic rings. The summed E-state index contributed by atoms with van der Waals surface area (Å²) in [4.78, 5) is 13.8. The van der Waals surface area contributed by atoms with Crippen molar-refractivity contribution in [1.82, 2.24) is 19.1 Å². The molecule has 68 heavy (non-hydrogen) atoms. The topological polar surface area (TPSA) is 40.0 Å². The fraction of sp³-hybridized carbons (Fsp3) is 0.0167. The van der Waals surface area contributed by atoms with Crippen molar-refractivity contribution in [2.75, 3.05) is 0 Å². The van der Waals surface area contributed by atoms with Crippen LogP contribution in [-0.4, -0.2) is 19.1 Å². The monoisotopic (exact) mass is 883 g/mol. The Balaban J connectivity index is 1.09. The van der Waals surface area contributed by atoms with Crippen LogP contribution in [0.15, 0.2) is 218 Å². The maximum absolute atomic E-state index is 16.1. The van der Waals surface area contributed by atoms with Crippen LogP contribution < -0.4 is 0 Å². The number of hydrogen-bond acceptors (Lipinski definition) is 2. The molecule has 0 saturated carbocycles. The first-order valence-corrected chi connectivity index (χ1v) is 22.2. The average Bonchev–Trinajstić information content (AvgIpc) is 3.90. The molecule has 0 saturated heterocycles. The van der Waals surface area contributed by atoms with E-state index in [1.807, 2.05) is 187 Å². The van der Waals surface area contributed by atoms with E-state index in [1.165, 1.54) is 6.07 Å². The lowest BCUT2D eigenvalue weighted by Gasteiger charge is -2.22. The molecule has 4 heterocycles. The maximum Gasteiger partial charge on any atom is 0.418 e. The summed E-state index contributed by atoms with van der Waals surface area (Å²) in [6, 6.07) is 69.0. The Hall–Kier alpha value is -9.06. The molecule has 0 aliphatic carbocycles. The molecule has 4 aromatic heterocycles. The molecule has 0 spiro atoms. The summed E-state index contributed by atoms with van der Waals surface area (Å²) < 4.78 is 52.0. The number of halogens is 3. The molecule has 0 fully saturated rings. The van der Waals surface area contributed by atoms with E-state index in [0.717, 1.165) is 77.6 Å². The minimum atomic E-state index is -4.78. The molecule has 12 rings (SSSR count). The second-order valence-electron chi connectivity index (χ2n) is 16.8. The Bertz CT molecular complexity index is 3970. The van der Waals surface area contributed by atoms with Crippen molar-refractivity contribution in [3.8, 4) is 67.5 Å². The molecule has 0 amide bonds. The van der Waals surface area contributed by atoms with E-state index in [2.05, 4.69) is 10.9 Å². The van der Waals surface area contributed by atoms with Gasteiger partial charge in [-0.1, -0.05) is 140 Å². The van der Waals surface area contributed by atoms with E-state index in [-0.39, 0.29) is 5.69 Å². The van der Waals surface area contributed by atoms with Gasteiger partial charge in [-0.05, 0) is 84.4 Å². The van der Waals surface area contributed by atoms with Gasteiger partial charge in [0, 0.05) is 49.4 Å². The maximum atomic E-state index is 16.1. The zero-order valence-corrected chi connectivity index (χ0v) is 36.2. The van der Waals surface area contributed by atoms with Gasteiger partial charge in [0.15, 0.2) is 5.69 Å². The Labute approximate surface area is 389 Å². The highest BCUT2D eigenvalue weighted by molar-refractivity contribution is 6.12. The number of nitrogens with zero attached hydrogens (tertiary/aromatic N) is 5. The third-order valence-corrected chi connectivity index (χ3v) is 12.8. The van der Waals surface area contributed by atoms with Crippen LogP contribution in [-0.2, 0) is 6.18 Å². The number of pyridine rings is 2. The highest BCUT2D eigenvalue weighted by atomic mass is 19.4. The SMILES string of the molecule is [C-]#[N+]c1cccc(-c2cc(-n3c4ccccc4c4cc(-c5cccc(-c6ccccc6)n5)ccc43)c(C(F)(F)F)cc2-n2c3ccccc3c3cc(-c4cccc(-c5ccccc5)n4)ccc32)c1. The molecule has 0 aliphatic rings. The molecule has 0 unspecified atom stereocenters. The van der Waals surface area contributed by atoms with E-state index in [1.54, 1.807) is 28.8 Å². The van der Waals surface area contributed by atoms with Crippen molar-refractivity contribution in [3.63, 3.8) is 0 Å². The number of alkyl halides is 3. The third kappa shape index (κ3) is 6.88. The molecule has 0 radical (unpaired) electrons. The molecule has 0 atom stereocenters. The summed E-state index contributed by atoms with van der Waals surface area (Å²) in [6.07, 6.45) is -4.78. The molecule has 0 bridgehead atoms. The summed E-state index contributed by atoms with van der Waals surface area (Å²) >= 11 is 0. The number of benzene rings is 8. The molecular formula is C60H36F3N5. The lowest BCUT2D eigenvalue weighted by atomic mass is 9.98. The standard InChI is InChI=1S/C60H36F3N5/c1-64-43-20-12-19-40(33-43)46-36-59(68-55-28-11-9-22-45(55)48-35-42(30-32-57(48)68)53-26-14-24-51(66-53)39-17-6-3-7-18-39)49(60(61,62)63)37-58(46)67-54-27-10-8-21-44(54)47-34-41(29-31-56(47)67)52-25-13-23-50(65-52)38-15-4-2-5-16-38/h2-37H. The largest absolute Gasteiger partial charge is 0.418 e. The van der Waals surface area contributed by atoms with E-state index >= 15 is 13.2 Å². The first-order chi connectivity index (χ1) is 33.3. The first-order valence-electron chi connectivity index (χ1n) is 22.2. The van der Waals surface area contributed by atoms with Gasteiger partial charge in [0.05, 0.1) is 68.4 Å². The minimum Gasteiger partial charge on any atom is -0.309 e. The second kappa shape index (κ2) is 16.1. The van der Waals surface area contributed by atoms with Crippen molar-refractivity contribution in [2.24, 2.45) is 0 Å². The van der Waals surface area contributed by atoms with E-state index in [9.17, 15) is 0 Å². The molecule has 5 nitrogen and oxygen atoms in total. The van der Waals surface area contributed by atoms with Gasteiger partial charge in [0.25, 0.3) is 0 Å². The quantitative estimate of drug-likeness (QED) is 0.150. The van der Waals surface area contributed by atoms with Gasteiger partial charge < -0.3 is 9.13 Å². The van der Waals surface area contributed by atoms with Gasteiger partial charge in [0.2, 0.25) is 0 Å². The van der Waals surface area contributed by atoms with Crippen LogP contribution in [0.1, 0.15) is 5.56 Å². The van der Waals surface area contributed by atoms with Crippen LogP contribution in [0.25, 0.3) is 116 Å². The summed E-state index contributed by atoms with van der Waals surface area (Å²) in [5.74, 6) is 0. The van der Waals surface area contributed by atoms with Gasteiger partial charge in [-0.3, -0.25) is 0 Å². The molecule has 0 N–H and O–H groups in total. The fourth-order valence-electron chi connectivity index (χ4n) is 9.66. The Morgan fingerprint density at radius 1 is 0.368 bits per heavy atom. The Kier molecular flexibility index (Phi) is 9.59. The number of rotatable bonds is 7. The number of fused-ring (bicyclic) bond motifs is 6. The van der Waals surface area contributed by atoms with Crippen molar-refractivity contribution in [1.29, 1.82) is 0 Å². The Morgan fingerprint density at radius 2 is 0.809 bits per heavy atom. The second-order valence-corrected chi connectivity index (χ2v) is 16.8. The van der Waals surface area contributed by atoms with Gasteiger partial charge in [-0.15, -0.1) is 0 Å². The van der Waals surface area contributed by atoms with E-state index < -0.39 is 11.7 Å². The summed E-state index contributed by atoms with van der Waals surface area (Å²) in [7, 11) is 0. The summed E-state index contributed by atoms with van der Waals surface area (Å²) in [5, 5.41) is 3.34. The van der Waals surface area contributed by atoms with E-state index in [0.29, 0.717) is 33.5 Å². The highest BCUT2D eigenvalue weighted by Crippen LogP contribution is 2.46. The molecular weight excluding hydrogens is 848 g/mol. The lowest BCUT2D eigenvalue weighted by molar-refractivity contribution is -0.137. The van der Waals surface area contributed by atoms with Gasteiger partial charge in [-0.2, -0.15) is 13.2 Å². The molecule has 8 aromatic carbocycles. The van der Waals surface area contributed by atoms with Crippen LogP contribution in [0, 0.1) is 6.57 Å². The van der Waals surface area contributed by atoms with Crippen molar-refractivity contribution < 1.29 is 13.2 Å². The predicted octanol–water partition coefficient (Wildman–Crippen LogP) is 16.6. The lowest BCUT2D eigenvalue weighted by Crippen LogP contribution is -2.13. The Morgan fingerprint density at radius 3 is 1.32 bits per heavy atom. The smallest absolute Gasteiger partial charge is 0.309 e. The van der Waals surface area contributed by atoms with Gasteiger partial charge >= 0.3 is 6.18 Å². The van der Waals surface area contributed by atoms with Crippen LogP contribution in [0.3, 0.4) is 0 Å². The van der Waals surface area contributed by atoms with Gasteiger partial charge in [0.1, 0.15) is 0 Å². The molecule has 8 heteroatoms. The van der Waals surface area contributed by atoms with Gasteiger partial charge in [-0.25, -0.2) is 14.8 Å². The third-order valence-electron chi connectivity index (χ3n) is 12.8. The molecule has 322 valence electrons. The molecule has 0 aliphatic heterocycles. The van der Waals surface area contributed by atoms with E-state index in [4.69, 9.17) is 16.5 Å². The normalized spacial score (nSPS) is 11.7. The van der Waals surface area contributed by atoms with Crippen LogP contribution >= 0.6 is 0 Å². The number of para-hydroxylation sites is 2. The van der Waals surface area contributed by atoms with Crippen molar-refractivity contribution in [2.45, 2.75) is 6.18 Å². The van der Waals surface area contributed by atoms with Crippen LogP contribution in [0.2, 0.25) is 0 Å². The summed E-state index contributed by atoms with van der Waals surface area (Å²) in [6.45, 7) is 7.91. The minimum absolute atomic E-state index is 0.0277. The van der Waals surface area contributed by atoms with Crippen LogP contribution in [0.4, 0.5) is 18.9 Å². The zero-order valence-electron chi connectivity index (χ0n) is 36.2. The first kappa shape index (κ1) is 40.4. The van der Waals surface area contributed by atoms with Crippen molar-refractivity contribution >= 4 is 49.3 Å². The zero-order chi connectivity index (χ0) is 45.9. The predicted molar refractivity (Wildman–Crippen MR) is 269 cm³/mol. The average molecular weight is 884 g/mol.